The van der Waals surface area contributed by atoms with Crippen molar-refractivity contribution in [3.05, 3.63) is 83.4 Å². The zero-order chi connectivity index (χ0) is 29.7. The number of hydrogen-bond donors (Lipinski definition) is 1. The van der Waals surface area contributed by atoms with E-state index in [1.807, 2.05) is 30.3 Å². The number of benzene rings is 3. The van der Waals surface area contributed by atoms with Crippen molar-refractivity contribution < 1.29 is 43.2 Å². The molecule has 10 nitrogen and oxygen atoms in total. The highest BCUT2D eigenvalue weighted by molar-refractivity contribution is 6.14. The molecule has 1 heterocycles. The van der Waals surface area contributed by atoms with Crippen molar-refractivity contribution in [2.24, 2.45) is 0 Å². The normalized spacial score (nSPS) is 13.2. The molecule has 1 aliphatic heterocycles. The van der Waals surface area contributed by atoms with Crippen LogP contribution in [-0.4, -0.2) is 53.6 Å². The summed E-state index contributed by atoms with van der Waals surface area (Å²) in [5.41, 5.74) is 0.195. The van der Waals surface area contributed by atoms with Gasteiger partial charge in [-0.25, -0.2) is 4.79 Å². The third-order valence-electron chi connectivity index (χ3n) is 5.88. The van der Waals surface area contributed by atoms with Crippen molar-refractivity contribution >= 4 is 29.3 Å². The van der Waals surface area contributed by atoms with Crippen LogP contribution < -0.4 is 14.4 Å². The number of esters is 2. The first-order valence-corrected chi connectivity index (χ1v) is 13.0. The number of carbonyl (C=O) groups is 4. The highest BCUT2D eigenvalue weighted by atomic mass is 16.6. The molecule has 4 rings (SSSR count). The highest BCUT2D eigenvalue weighted by Gasteiger charge is 2.34. The van der Waals surface area contributed by atoms with Crippen LogP contribution >= 0.6 is 0 Å². The number of aliphatic hydroxyl groups is 1. The van der Waals surface area contributed by atoms with Crippen LogP contribution in [0.1, 0.15) is 54.0 Å². The zero-order valence-electron chi connectivity index (χ0n) is 23.2. The van der Waals surface area contributed by atoms with Crippen molar-refractivity contribution in [3.63, 3.8) is 0 Å². The van der Waals surface area contributed by atoms with E-state index in [0.29, 0.717) is 0 Å². The van der Waals surface area contributed by atoms with Gasteiger partial charge in [0.15, 0.2) is 18.1 Å². The minimum Gasteiger partial charge on any atom is -0.481 e. The lowest BCUT2D eigenvalue weighted by Gasteiger charge is -2.25. The van der Waals surface area contributed by atoms with Crippen LogP contribution in [0, 0.1) is 0 Å². The number of rotatable bonds is 9. The Hall–Kier alpha value is -4.70. The fourth-order valence-corrected chi connectivity index (χ4v) is 4.08. The Labute approximate surface area is 237 Å². The van der Waals surface area contributed by atoms with E-state index >= 15 is 0 Å². The molecule has 0 radical (unpaired) electrons. The van der Waals surface area contributed by atoms with E-state index in [4.69, 9.17) is 18.9 Å². The van der Waals surface area contributed by atoms with E-state index in [0.717, 1.165) is 10.5 Å². The maximum Gasteiger partial charge on any atom is 0.344 e. The molecule has 1 unspecified atom stereocenters. The molecule has 0 bridgehead atoms. The SMILES string of the molecule is CC(O)C(=O)c1ccc2c(c1)N(CC(=O)OC(C)(C)C)C(=O)c1c(OCC(=O)OCc3ccccc3)cccc1O2. The van der Waals surface area contributed by atoms with Crippen LogP contribution in [0.5, 0.6) is 17.2 Å². The molecule has 3 aromatic carbocycles. The first-order chi connectivity index (χ1) is 19.4. The third kappa shape index (κ3) is 7.29. The summed E-state index contributed by atoms with van der Waals surface area (Å²) >= 11 is 0. The van der Waals surface area contributed by atoms with E-state index in [1.165, 1.54) is 31.2 Å². The van der Waals surface area contributed by atoms with Gasteiger partial charge in [-0.2, -0.15) is 0 Å². The Morgan fingerprint density at radius 3 is 2.37 bits per heavy atom. The van der Waals surface area contributed by atoms with Crippen LogP contribution in [0.2, 0.25) is 0 Å². The van der Waals surface area contributed by atoms with Crippen molar-refractivity contribution in [1.29, 1.82) is 0 Å². The lowest BCUT2D eigenvalue weighted by Crippen LogP contribution is -2.39. The zero-order valence-corrected chi connectivity index (χ0v) is 23.2. The van der Waals surface area contributed by atoms with E-state index in [2.05, 4.69) is 0 Å². The number of amides is 1. The van der Waals surface area contributed by atoms with Gasteiger partial charge in [-0.1, -0.05) is 36.4 Å². The summed E-state index contributed by atoms with van der Waals surface area (Å²) in [4.78, 5) is 52.9. The van der Waals surface area contributed by atoms with Gasteiger partial charge in [-0.05, 0) is 63.6 Å². The molecule has 0 spiro atoms. The fourth-order valence-electron chi connectivity index (χ4n) is 4.08. The second kappa shape index (κ2) is 12.2. The Bertz CT molecular complexity index is 1460. The molecule has 0 saturated carbocycles. The molecular weight excluding hydrogens is 530 g/mol. The van der Waals surface area contributed by atoms with E-state index < -0.39 is 48.5 Å². The van der Waals surface area contributed by atoms with Crippen LogP contribution in [-0.2, 0) is 25.7 Å². The van der Waals surface area contributed by atoms with Crippen LogP contribution in [0.15, 0.2) is 66.7 Å². The molecule has 41 heavy (non-hydrogen) atoms. The molecule has 3 aromatic rings. The number of hydrogen-bond acceptors (Lipinski definition) is 9. The summed E-state index contributed by atoms with van der Waals surface area (Å²) in [6, 6.07) is 18.1. The van der Waals surface area contributed by atoms with Gasteiger partial charge in [0.05, 0.1) is 5.69 Å². The lowest BCUT2D eigenvalue weighted by molar-refractivity contribution is -0.153. The third-order valence-corrected chi connectivity index (χ3v) is 5.88. The number of anilines is 1. The summed E-state index contributed by atoms with van der Waals surface area (Å²) in [6.45, 7) is 5.49. The predicted molar refractivity (Wildman–Crippen MR) is 148 cm³/mol. The number of Topliss-reactive ketones (excluding diaryl/α,β-unsaturated/α-hetero) is 1. The molecule has 0 aromatic heterocycles. The number of ether oxygens (including phenoxy) is 4. The average Bonchev–Trinajstić information content (AvgIpc) is 3.03. The number of nitrogens with zero attached hydrogens (tertiary/aromatic N) is 1. The van der Waals surface area contributed by atoms with Crippen LogP contribution in [0.4, 0.5) is 5.69 Å². The predicted octanol–water partition coefficient (Wildman–Crippen LogP) is 4.47. The Morgan fingerprint density at radius 2 is 1.68 bits per heavy atom. The maximum absolute atomic E-state index is 14.0. The topological polar surface area (TPSA) is 129 Å². The van der Waals surface area contributed by atoms with E-state index in [1.54, 1.807) is 32.9 Å². The smallest absolute Gasteiger partial charge is 0.344 e. The monoisotopic (exact) mass is 561 g/mol. The van der Waals surface area contributed by atoms with Crippen molar-refractivity contribution in [2.45, 2.75) is 46.0 Å². The van der Waals surface area contributed by atoms with Crippen molar-refractivity contribution in [2.75, 3.05) is 18.1 Å². The molecule has 0 saturated heterocycles. The summed E-state index contributed by atoms with van der Waals surface area (Å²) in [7, 11) is 0. The van der Waals surface area contributed by atoms with Gasteiger partial charge in [-0.15, -0.1) is 0 Å². The van der Waals surface area contributed by atoms with Crippen LogP contribution in [0.3, 0.4) is 0 Å². The Balaban J connectivity index is 1.65. The Morgan fingerprint density at radius 1 is 0.951 bits per heavy atom. The van der Waals surface area contributed by atoms with Gasteiger partial charge in [0.2, 0.25) is 0 Å². The van der Waals surface area contributed by atoms with Crippen molar-refractivity contribution in [3.8, 4) is 17.2 Å². The molecule has 1 aliphatic rings. The van der Waals surface area contributed by atoms with E-state index in [-0.39, 0.29) is 40.7 Å². The summed E-state index contributed by atoms with van der Waals surface area (Å²) in [5.74, 6) is -2.27. The molecule has 1 N–H and O–H groups in total. The molecule has 214 valence electrons. The minimum atomic E-state index is -1.28. The highest BCUT2D eigenvalue weighted by Crippen LogP contribution is 2.42. The molecule has 1 atom stereocenters. The van der Waals surface area contributed by atoms with Gasteiger partial charge in [0.25, 0.3) is 5.91 Å². The fraction of sp³-hybridized carbons (Fsp3) is 0.290. The van der Waals surface area contributed by atoms with Gasteiger partial charge in [0, 0.05) is 5.56 Å². The molecule has 1 amide bonds. The standard InChI is InChI=1S/C31H31NO9/c1-19(33)29(36)21-13-14-23-22(15-21)32(16-26(34)41-31(2,3)4)30(37)28-24(11-8-12-25(28)40-23)38-18-27(35)39-17-20-9-6-5-7-10-20/h5-15,19,33H,16-18H2,1-4H3. The lowest BCUT2D eigenvalue weighted by atomic mass is 10.1. The molecular formula is C31H31NO9. The molecule has 10 heteroatoms. The first kappa shape index (κ1) is 29.3. The van der Waals surface area contributed by atoms with Gasteiger partial charge < -0.3 is 24.1 Å². The van der Waals surface area contributed by atoms with Gasteiger partial charge in [-0.3, -0.25) is 19.3 Å². The second-order valence-corrected chi connectivity index (χ2v) is 10.4. The average molecular weight is 562 g/mol. The van der Waals surface area contributed by atoms with Crippen molar-refractivity contribution in [1.82, 2.24) is 0 Å². The van der Waals surface area contributed by atoms with Crippen LogP contribution in [0.25, 0.3) is 0 Å². The quantitative estimate of drug-likeness (QED) is 0.297. The molecule has 0 fully saturated rings. The van der Waals surface area contributed by atoms with Gasteiger partial charge in [0.1, 0.15) is 41.9 Å². The second-order valence-electron chi connectivity index (χ2n) is 10.4. The van der Waals surface area contributed by atoms with E-state index in [9.17, 15) is 24.3 Å². The first-order valence-electron chi connectivity index (χ1n) is 13.0. The summed E-state index contributed by atoms with van der Waals surface area (Å²) in [6.07, 6.45) is -1.28. The summed E-state index contributed by atoms with van der Waals surface area (Å²) < 4.78 is 22.5. The van der Waals surface area contributed by atoms with Gasteiger partial charge >= 0.3 is 11.9 Å². The minimum absolute atomic E-state index is 0.0337. The largest absolute Gasteiger partial charge is 0.481 e. The Kier molecular flexibility index (Phi) is 8.73. The summed E-state index contributed by atoms with van der Waals surface area (Å²) in [5, 5.41) is 9.82. The number of fused-ring (bicyclic) bond motifs is 2. The number of aliphatic hydroxyl groups excluding tert-OH is 1. The molecule has 0 aliphatic carbocycles. The maximum atomic E-state index is 14.0. The number of ketones is 1. The number of carbonyl (C=O) groups excluding carboxylic acids is 4.